The van der Waals surface area contributed by atoms with Gasteiger partial charge in [0.05, 0.1) is 13.2 Å². The fourth-order valence-electron chi connectivity index (χ4n) is 1.80. The number of likely N-dealkylation sites (N-methyl/N-ethyl adjacent to an activating group) is 1. The Bertz CT molecular complexity index is 194. The van der Waals surface area contributed by atoms with E-state index in [0.717, 1.165) is 39.1 Å². The molecule has 0 unspecified atom stereocenters. The van der Waals surface area contributed by atoms with Crippen LogP contribution in [0.2, 0.25) is 0 Å². The third kappa shape index (κ3) is 8.16. The van der Waals surface area contributed by atoms with E-state index in [1.165, 1.54) is 0 Å². The van der Waals surface area contributed by atoms with Crippen LogP contribution in [0.5, 0.6) is 0 Å². The van der Waals surface area contributed by atoms with Crippen LogP contribution in [0.3, 0.4) is 0 Å². The van der Waals surface area contributed by atoms with Crippen LogP contribution in [0.1, 0.15) is 34.1 Å². The standard InChI is InChI=1S/C13H28N2O2/c1-5-14(6-2)10-9-11-15(7-3)12-13(16)17-8-4/h5-12H2,1-4H3. The third-order valence-electron chi connectivity index (χ3n) is 2.95. The smallest absolute Gasteiger partial charge is 0.320 e. The number of ether oxygens (including phenoxy) is 1. The maximum Gasteiger partial charge on any atom is 0.320 e. The van der Waals surface area contributed by atoms with E-state index in [9.17, 15) is 4.79 Å². The van der Waals surface area contributed by atoms with Crippen molar-refractivity contribution in [1.29, 1.82) is 0 Å². The summed E-state index contributed by atoms with van der Waals surface area (Å²) in [6.07, 6.45) is 1.11. The number of hydrogen-bond acceptors (Lipinski definition) is 4. The number of hydrogen-bond donors (Lipinski definition) is 0. The molecule has 0 aromatic heterocycles. The topological polar surface area (TPSA) is 32.8 Å². The van der Waals surface area contributed by atoms with Crippen molar-refractivity contribution in [3.8, 4) is 0 Å². The van der Waals surface area contributed by atoms with E-state index < -0.39 is 0 Å². The summed E-state index contributed by atoms with van der Waals surface area (Å²) in [5.41, 5.74) is 0. The fourth-order valence-corrected chi connectivity index (χ4v) is 1.80. The van der Waals surface area contributed by atoms with Gasteiger partial charge in [-0.3, -0.25) is 9.69 Å². The average Bonchev–Trinajstić information content (AvgIpc) is 2.33. The monoisotopic (exact) mass is 244 g/mol. The molecule has 0 aromatic carbocycles. The molecule has 4 heteroatoms. The minimum Gasteiger partial charge on any atom is -0.465 e. The molecule has 17 heavy (non-hydrogen) atoms. The lowest BCUT2D eigenvalue weighted by Crippen LogP contribution is -2.34. The Balaban J connectivity index is 3.77. The largest absolute Gasteiger partial charge is 0.465 e. The van der Waals surface area contributed by atoms with Gasteiger partial charge < -0.3 is 9.64 Å². The lowest BCUT2D eigenvalue weighted by atomic mass is 10.3. The molecule has 0 aliphatic rings. The van der Waals surface area contributed by atoms with Crippen LogP contribution in [0.25, 0.3) is 0 Å². The molecule has 102 valence electrons. The second-order valence-corrected chi connectivity index (χ2v) is 4.05. The van der Waals surface area contributed by atoms with Crippen molar-refractivity contribution in [3.63, 3.8) is 0 Å². The molecule has 0 amide bonds. The predicted molar refractivity (Wildman–Crippen MR) is 71.2 cm³/mol. The fraction of sp³-hybridized carbons (Fsp3) is 0.923. The van der Waals surface area contributed by atoms with Crippen molar-refractivity contribution >= 4 is 5.97 Å². The molecule has 4 nitrogen and oxygen atoms in total. The van der Waals surface area contributed by atoms with Crippen LogP contribution in [0.4, 0.5) is 0 Å². The Hall–Kier alpha value is -0.610. The highest BCUT2D eigenvalue weighted by atomic mass is 16.5. The van der Waals surface area contributed by atoms with Crippen molar-refractivity contribution in [1.82, 2.24) is 9.80 Å². The second kappa shape index (κ2) is 10.5. The summed E-state index contributed by atoms with van der Waals surface area (Å²) in [5.74, 6) is -0.114. The third-order valence-corrected chi connectivity index (χ3v) is 2.95. The summed E-state index contributed by atoms with van der Waals surface area (Å²) in [6.45, 7) is 14.3. The van der Waals surface area contributed by atoms with E-state index in [1.807, 2.05) is 6.92 Å². The van der Waals surface area contributed by atoms with Gasteiger partial charge in [-0.2, -0.15) is 0 Å². The molecule has 0 fully saturated rings. The van der Waals surface area contributed by atoms with Gasteiger partial charge in [-0.25, -0.2) is 0 Å². The molecule has 0 saturated carbocycles. The van der Waals surface area contributed by atoms with Gasteiger partial charge in [-0.1, -0.05) is 20.8 Å². The number of carbonyl (C=O) groups excluding carboxylic acids is 1. The Kier molecular flexibility index (Phi) is 10.2. The summed E-state index contributed by atoms with van der Waals surface area (Å²) >= 11 is 0. The quantitative estimate of drug-likeness (QED) is 0.547. The highest BCUT2D eigenvalue weighted by Gasteiger charge is 2.09. The van der Waals surface area contributed by atoms with Crippen molar-refractivity contribution in [2.75, 3.05) is 45.9 Å². The van der Waals surface area contributed by atoms with Crippen LogP contribution >= 0.6 is 0 Å². The van der Waals surface area contributed by atoms with Gasteiger partial charge in [0.1, 0.15) is 0 Å². The summed E-state index contributed by atoms with van der Waals surface area (Å²) in [5, 5.41) is 0. The number of carbonyl (C=O) groups is 1. The van der Waals surface area contributed by atoms with Gasteiger partial charge >= 0.3 is 5.97 Å². The van der Waals surface area contributed by atoms with Gasteiger partial charge in [-0.05, 0) is 46.1 Å². The first kappa shape index (κ1) is 16.4. The molecular formula is C13H28N2O2. The zero-order valence-electron chi connectivity index (χ0n) is 11.9. The van der Waals surface area contributed by atoms with E-state index in [-0.39, 0.29) is 5.97 Å². The van der Waals surface area contributed by atoms with Gasteiger partial charge in [0.2, 0.25) is 0 Å². The van der Waals surface area contributed by atoms with Crippen molar-refractivity contribution in [3.05, 3.63) is 0 Å². The van der Waals surface area contributed by atoms with Crippen LogP contribution in [-0.2, 0) is 9.53 Å². The first-order valence-corrected chi connectivity index (χ1v) is 6.78. The maximum atomic E-state index is 11.3. The molecule has 0 radical (unpaired) electrons. The zero-order chi connectivity index (χ0) is 13.1. The van der Waals surface area contributed by atoms with E-state index >= 15 is 0 Å². The van der Waals surface area contributed by atoms with Gasteiger partial charge in [0, 0.05) is 0 Å². The van der Waals surface area contributed by atoms with Gasteiger partial charge in [0.25, 0.3) is 0 Å². The van der Waals surface area contributed by atoms with Crippen molar-refractivity contribution < 1.29 is 9.53 Å². The Morgan fingerprint density at radius 1 is 0.941 bits per heavy atom. The maximum absolute atomic E-state index is 11.3. The number of esters is 1. The second-order valence-electron chi connectivity index (χ2n) is 4.05. The van der Waals surface area contributed by atoms with Crippen molar-refractivity contribution in [2.45, 2.75) is 34.1 Å². The van der Waals surface area contributed by atoms with Crippen LogP contribution < -0.4 is 0 Å². The molecule has 0 aromatic rings. The molecule has 0 heterocycles. The van der Waals surface area contributed by atoms with Gasteiger partial charge in [-0.15, -0.1) is 0 Å². The van der Waals surface area contributed by atoms with Crippen LogP contribution in [-0.4, -0.2) is 61.6 Å². The first-order chi connectivity index (χ1) is 8.17. The summed E-state index contributed by atoms with van der Waals surface area (Å²) in [7, 11) is 0. The minimum absolute atomic E-state index is 0.114. The predicted octanol–water partition coefficient (Wildman–Crippen LogP) is 1.60. The van der Waals surface area contributed by atoms with Crippen LogP contribution in [0, 0.1) is 0 Å². The highest BCUT2D eigenvalue weighted by Crippen LogP contribution is 1.96. The van der Waals surface area contributed by atoms with E-state index in [4.69, 9.17) is 4.74 Å². The summed E-state index contributed by atoms with van der Waals surface area (Å²) in [4.78, 5) is 15.9. The number of rotatable bonds is 10. The summed E-state index contributed by atoms with van der Waals surface area (Å²) in [6, 6.07) is 0. The molecule has 0 N–H and O–H groups in total. The van der Waals surface area contributed by atoms with E-state index in [1.54, 1.807) is 0 Å². The Morgan fingerprint density at radius 3 is 1.94 bits per heavy atom. The molecule has 0 aliphatic carbocycles. The molecule has 0 rings (SSSR count). The Morgan fingerprint density at radius 2 is 1.47 bits per heavy atom. The van der Waals surface area contributed by atoms with Gasteiger partial charge in [0.15, 0.2) is 0 Å². The Labute approximate surface area is 106 Å². The molecule has 0 bridgehead atoms. The number of nitrogens with zero attached hydrogens (tertiary/aromatic N) is 2. The van der Waals surface area contributed by atoms with E-state index in [0.29, 0.717) is 13.2 Å². The molecule has 0 saturated heterocycles. The van der Waals surface area contributed by atoms with Crippen molar-refractivity contribution in [2.24, 2.45) is 0 Å². The normalized spacial score (nSPS) is 11.2. The SMILES string of the molecule is CCOC(=O)CN(CC)CCCN(CC)CC. The lowest BCUT2D eigenvalue weighted by Gasteiger charge is -2.22. The highest BCUT2D eigenvalue weighted by molar-refractivity contribution is 5.71. The molecular weight excluding hydrogens is 216 g/mol. The molecule has 0 spiro atoms. The average molecular weight is 244 g/mol. The van der Waals surface area contributed by atoms with E-state index in [2.05, 4.69) is 30.6 Å². The molecule has 0 atom stereocenters. The van der Waals surface area contributed by atoms with Crippen LogP contribution in [0.15, 0.2) is 0 Å². The first-order valence-electron chi connectivity index (χ1n) is 6.78. The zero-order valence-corrected chi connectivity index (χ0v) is 11.9. The summed E-state index contributed by atoms with van der Waals surface area (Å²) < 4.78 is 4.95. The lowest BCUT2D eigenvalue weighted by molar-refractivity contribution is -0.144. The molecule has 0 aliphatic heterocycles. The minimum atomic E-state index is -0.114.